The summed E-state index contributed by atoms with van der Waals surface area (Å²) in [4.78, 5) is 16.7. The molecule has 0 aliphatic heterocycles. The topological polar surface area (TPSA) is 88.2 Å². The minimum atomic E-state index is -3.41. The first-order valence-corrected chi connectivity index (χ1v) is 9.68. The average molecular weight is 359 g/mol. The van der Waals surface area contributed by atoms with Crippen LogP contribution in [0.15, 0.2) is 30.5 Å². The van der Waals surface area contributed by atoms with Crippen LogP contribution >= 0.6 is 0 Å². The Kier molecular flexibility index (Phi) is 4.51. The first kappa shape index (κ1) is 17.4. The molecule has 1 aliphatic carbocycles. The van der Waals surface area contributed by atoms with E-state index in [2.05, 4.69) is 15.0 Å². The van der Waals surface area contributed by atoms with Crippen molar-refractivity contribution < 1.29 is 13.2 Å². The van der Waals surface area contributed by atoms with Crippen LogP contribution in [-0.4, -0.2) is 24.6 Å². The molecule has 7 heteroatoms. The zero-order valence-corrected chi connectivity index (χ0v) is 15.3. The van der Waals surface area contributed by atoms with Gasteiger partial charge in [-0.2, -0.15) is 0 Å². The van der Waals surface area contributed by atoms with Crippen molar-refractivity contribution in [3.05, 3.63) is 52.7 Å². The number of nitrogens with zero attached hydrogens (tertiary/aromatic N) is 1. The highest BCUT2D eigenvalue weighted by atomic mass is 32.2. The van der Waals surface area contributed by atoms with E-state index in [0.717, 1.165) is 11.1 Å². The van der Waals surface area contributed by atoms with Crippen LogP contribution in [0.3, 0.4) is 0 Å². The number of hydrogen-bond donors (Lipinski definition) is 2. The minimum Gasteiger partial charge on any atom is -0.322 e. The molecule has 0 bridgehead atoms. The maximum atomic E-state index is 12.6. The molecule has 0 unspecified atom stereocenters. The Balaban J connectivity index is 1.81. The molecule has 1 fully saturated rings. The molecule has 25 heavy (non-hydrogen) atoms. The summed E-state index contributed by atoms with van der Waals surface area (Å²) in [5, 5.41) is 2.50. The highest BCUT2D eigenvalue weighted by Gasteiger charge is 2.36. The van der Waals surface area contributed by atoms with Gasteiger partial charge in [-0.25, -0.2) is 13.4 Å². The SMILES string of the molecule is Cc1ccc(NC(=O)c2cc(NS(=O)(=O)C3CC3)ncc2C)cc1C. The number of carbonyl (C=O) groups excluding carboxylic acids is 1. The van der Waals surface area contributed by atoms with Crippen LogP contribution in [0.2, 0.25) is 0 Å². The van der Waals surface area contributed by atoms with Crippen molar-refractivity contribution in [2.75, 3.05) is 10.0 Å². The molecular weight excluding hydrogens is 338 g/mol. The third kappa shape index (κ3) is 3.99. The number of aromatic nitrogens is 1. The van der Waals surface area contributed by atoms with Gasteiger partial charge in [0.15, 0.2) is 0 Å². The number of pyridine rings is 1. The fourth-order valence-corrected chi connectivity index (χ4v) is 3.78. The van der Waals surface area contributed by atoms with E-state index in [-0.39, 0.29) is 17.0 Å². The largest absolute Gasteiger partial charge is 0.322 e. The van der Waals surface area contributed by atoms with Crippen LogP contribution in [-0.2, 0) is 10.0 Å². The molecule has 2 N–H and O–H groups in total. The lowest BCUT2D eigenvalue weighted by atomic mass is 10.1. The summed E-state index contributed by atoms with van der Waals surface area (Å²) in [6.07, 6.45) is 2.84. The summed E-state index contributed by atoms with van der Waals surface area (Å²) in [5.41, 5.74) is 4.00. The van der Waals surface area contributed by atoms with Crippen molar-refractivity contribution in [2.45, 2.75) is 38.9 Å². The standard InChI is InChI=1S/C18H21N3O3S/c1-11-4-5-14(8-12(11)2)20-18(22)16-9-17(19-10-13(16)3)21-25(23,24)15-6-7-15/h4-5,8-10,15H,6-7H2,1-3H3,(H,19,21)(H,20,22). The number of carbonyl (C=O) groups is 1. The first-order valence-electron chi connectivity index (χ1n) is 8.13. The van der Waals surface area contributed by atoms with E-state index < -0.39 is 10.0 Å². The normalized spacial score (nSPS) is 14.2. The van der Waals surface area contributed by atoms with E-state index in [1.807, 2.05) is 32.0 Å². The van der Waals surface area contributed by atoms with Gasteiger partial charge in [-0.3, -0.25) is 9.52 Å². The Bertz CT molecular complexity index is 935. The van der Waals surface area contributed by atoms with Crippen LogP contribution in [0.1, 0.15) is 39.9 Å². The number of sulfonamides is 1. The highest BCUT2D eigenvalue weighted by molar-refractivity contribution is 7.93. The molecule has 0 atom stereocenters. The van der Waals surface area contributed by atoms with Gasteiger partial charge >= 0.3 is 0 Å². The predicted molar refractivity (Wildman–Crippen MR) is 98.4 cm³/mol. The number of amides is 1. The Hall–Kier alpha value is -2.41. The quantitative estimate of drug-likeness (QED) is 0.858. The second kappa shape index (κ2) is 6.48. The summed E-state index contributed by atoms with van der Waals surface area (Å²) in [6, 6.07) is 7.17. The van der Waals surface area contributed by atoms with E-state index >= 15 is 0 Å². The molecule has 1 saturated carbocycles. The van der Waals surface area contributed by atoms with Crippen LogP contribution < -0.4 is 10.0 Å². The summed E-state index contributed by atoms with van der Waals surface area (Å²) >= 11 is 0. The monoisotopic (exact) mass is 359 g/mol. The predicted octanol–water partition coefficient (Wildman–Crippen LogP) is 3.16. The van der Waals surface area contributed by atoms with Crippen LogP contribution in [0, 0.1) is 20.8 Å². The summed E-state index contributed by atoms with van der Waals surface area (Å²) in [5.74, 6) is -0.127. The zero-order chi connectivity index (χ0) is 18.2. The fraction of sp³-hybridized carbons (Fsp3) is 0.333. The molecule has 1 aromatic heterocycles. The molecule has 2 aromatic rings. The smallest absolute Gasteiger partial charge is 0.256 e. The van der Waals surface area contributed by atoms with Gasteiger partial charge in [0.05, 0.1) is 5.25 Å². The Morgan fingerprint density at radius 2 is 1.80 bits per heavy atom. The van der Waals surface area contributed by atoms with E-state index in [1.165, 1.54) is 12.3 Å². The lowest BCUT2D eigenvalue weighted by molar-refractivity contribution is 0.102. The Morgan fingerprint density at radius 1 is 1.08 bits per heavy atom. The Labute approximate surface area is 147 Å². The zero-order valence-electron chi connectivity index (χ0n) is 14.5. The number of anilines is 2. The number of hydrogen-bond acceptors (Lipinski definition) is 4. The lowest BCUT2D eigenvalue weighted by Crippen LogP contribution is -2.19. The van der Waals surface area contributed by atoms with Crippen molar-refractivity contribution in [3.8, 4) is 0 Å². The average Bonchev–Trinajstić information content (AvgIpc) is 3.38. The van der Waals surface area contributed by atoms with E-state index in [0.29, 0.717) is 29.7 Å². The molecule has 0 radical (unpaired) electrons. The molecule has 1 aromatic carbocycles. The van der Waals surface area contributed by atoms with Crippen LogP contribution in [0.4, 0.5) is 11.5 Å². The van der Waals surface area contributed by atoms with Crippen LogP contribution in [0.5, 0.6) is 0 Å². The maximum absolute atomic E-state index is 12.6. The van der Waals surface area contributed by atoms with Gasteiger partial charge in [0, 0.05) is 17.4 Å². The third-order valence-corrected chi connectivity index (χ3v) is 6.17. The number of rotatable bonds is 5. The lowest BCUT2D eigenvalue weighted by Gasteiger charge is -2.11. The molecule has 132 valence electrons. The van der Waals surface area contributed by atoms with Gasteiger partial charge in [0.1, 0.15) is 5.82 Å². The molecule has 6 nitrogen and oxygen atoms in total. The van der Waals surface area contributed by atoms with Gasteiger partial charge in [-0.15, -0.1) is 0 Å². The molecule has 3 rings (SSSR count). The number of benzene rings is 1. The van der Waals surface area contributed by atoms with Gasteiger partial charge in [-0.05, 0) is 68.5 Å². The second-order valence-corrected chi connectivity index (χ2v) is 8.44. The maximum Gasteiger partial charge on any atom is 0.256 e. The van der Waals surface area contributed by atoms with Gasteiger partial charge in [0.2, 0.25) is 10.0 Å². The van der Waals surface area contributed by atoms with Gasteiger partial charge in [-0.1, -0.05) is 6.07 Å². The molecule has 0 spiro atoms. The van der Waals surface area contributed by atoms with Crippen molar-refractivity contribution in [3.63, 3.8) is 0 Å². The number of nitrogens with one attached hydrogen (secondary N) is 2. The highest BCUT2D eigenvalue weighted by Crippen LogP contribution is 2.29. The summed E-state index contributed by atoms with van der Waals surface area (Å²) < 4.78 is 26.5. The van der Waals surface area contributed by atoms with E-state index in [1.54, 1.807) is 6.92 Å². The third-order valence-electron chi connectivity index (χ3n) is 4.32. The van der Waals surface area contributed by atoms with Crippen LogP contribution in [0.25, 0.3) is 0 Å². The fourth-order valence-electron chi connectivity index (χ4n) is 2.45. The summed E-state index contributed by atoms with van der Waals surface area (Å²) in [7, 11) is -3.41. The molecular formula is C18H21N3O3S. The van der Waals surface area contributed by atoms with Crippen molar-refractivity contribution >= 4 is 27.4 Å². The van der Waals surface area contributed by atoms with Gasteiger partial charge < -0.3 is 5.32 Å². The molecule has 1 amide bonds. The van der Waals surface area contributed by atoms with Crippen molar-refractivity contribution in [2.24, 2.45) is 0 Å². The molecule has 0 saturated heterocycles. The van der Waals surface area contributed by atoms with Gasteiger partial charge in [0.25, 0.3) is 5.91 Å². The number of aryl methyl sites for hydroxylation is 3. The molecule has 1 heterocycles. The summed E-state index contributed by atoms with van der Waals surface area (Å²) in [6.45, 7) is 5.75. The second-order valence-electron chi connectivity index (χ2n) is 6.48. The van der Waals surface area contributed by atoms with Crippen molar-refractivity contribution in [1.29, 1.82) is 0 Å². The minimum absolute atomic E-state index is 0.169. The molecule has 1 aliphatic rings. The van der Waals surface area contributed by atoms with E-state index in [9.17, 15) is 13.2 Å². The van der Waals surface area contributed by atoms with E-state index in [4.69, 9.17) is 0 Å². The first-order chi connectivity index (χ1) is 11.8. The Morgan fingerprint density at radius 3 is 2.44 bits per heavy atom. The van der Waals surface area contributed by atoms with Crippen molar-refractivity contribution in [1.82, 2.24) is 4.98 Å².